The Morgan fingerprint density at radius 3 is 1.75 bits per heavy atom. The zero-order chi connectivity index (χ0) is 6.99. The average molecular weight is 118 g/mol. The van der Waals surface area contributed by atoms with E-state index in [4.69, 9.17) is 10.5 Å². The van der Waals surface area contributed by atoms with Gasteiger partial charge in [-0.25, -0.2) is 0 Å². The molecule has 0 bridgehead atoms. The first kappa shape index (κ1) is 10.3. The third-order valence-corrected chi connectivity index (χ3v) is 0.158. The Bertz CT molecular complexity index is 49.2. The number of hydrogen-bond donors (Lipinski definition) is 4. The van der Waals surface area contributed by atoms with Gasteiger partial charge in [0.25, 0.3) is 0 Å². The number of guanidine groups is 1. The van der Waals surface area contributed by atoms with Gasteiger partial charge in [0, 0.05) is 6.61 Å². The third kappa shape index (κ3) is 1770. The highest BCUT2D eigenvalue weighted by atomic mass is 16.2. The van der Waals surface area contributed by atoms with Crippen LogP contribution in [0.4, 0.5) is 0 Å². The van der Waals surface area contributed by atoms with Gasteiger partial charge in [0.1, 0.15) is 0 Å². The molecule has 4 nitrogen and oxygen atoms in total. The van der Waals surface area contributed by atoms with E-state index >= 15 is 0 Å². The fraction of sp³-hybridized carbons (Fsp3) is 0.500. The van der Waals surface area contributed by atoms with Crippen molar-refractivity contribution in [2.45, 2.75) is 6.42 Å². The highest BCUT2D eigenvalue weighted by Gasteiger charge is 1.57. The Hall–Kier alpha value is -0.770. The molecule has 0 saturated heterocycles. The van der Waals surface area contributed by atoms with E-state index < -0.39 is 0 Å². The van der Waals surface area contributed by atoms with Crippen LogP contribution in [-0.2, 0) is 0 Å². The van der Waals surface area contributed by atoms with E-state index in [2.05, 4.69) is 18.4 Å². The highest BCUT2D eigenvalue weighted by molar-refractivity contribution is 5.71. The molecule has 0 amide bonds. The van der Waals surface area contributed by atoms with Gasteiger partial charge in [-0.1, -0.05) is 6.92 Å². The molecule has 0 aliphatic heterocycles. The molecule has 49 valence electrons. The van der Waals surface area contributed by atoms with Gasteiger partial charge in [-0.05, 0) is 6.42 Å². The molecule has 0 aliphatic rings. The summed E-state index contributed by atoms with van der Waals surface area (Å²) in [7, 11) is 0. The van der Waals surface area contributed by atoms with Crippen LogP contribution in [0.3, 0.4) is 0 Å². The summed E-state index contributed by atoms with van der Waals surface area (Å²) in [6.45, 7) is 3.56. The van der Waals surface area contributed by atoms with Crippen molar-refractivity contribution in [3.8, 4) is 0 Å². The van der Waals surface area contributed by atoms with Crippen molar-refractivity contribution < 1.29 is 5.11 Å². The molecular weight excluding hydrogens is 106 g/mol. The minimum absolute atomic E-state index is 0.208. The second kappa shape index (κ2) is 9.52. The van der Waals surface area contributed by atoms with E-state index in [0.29, 0.717) is 6.42 Å². The lowest BCUT2D eigenvalue weighted by atomic mass is 10.5. The van der Waals surface area contributed by atoms with Crippen LogP contribution in [0.25, 0.3) is 0 Å². The summed E-state index contributed by atoms with van der Waals surface area (Å²) in [5.74, 6) is -0.333. The van der Waals surface area contributed by atoms with Crippen LogP contribution in [0.5, 0.6) is 0 Å². The number of nitrogens with one attached hydrogen (secondary N) is 1. The first-order chi connectivity index (χ1) is 3.65. The maximum atomic E-state index is 7.81. The summed E-state index contributed by atoms with van der Waals surface area (Å²) in [5, 5.41) is 13.9. The van der Waals surface area contributed by atoms with E-state index in [0.717, 1.165) is 0 Å². The molecule has 0 aromatic heterocycles. The predicted molar refractivity (Wildman–Crippen MR) is 33.2 cm³/mol. The maximum absolute atomic E-state index is 7.81. The predicted octanol–water partition coefficient (Wildman–Crippen LogP) is -0.959. The summed E-state index contributed by atoms with van der Waals surface area (Å²) in [6.07, 6.45) is 0.625. The number of hydrogen-bond acceptors (Lipinski definition) is 2. The molecule has 6 N–H and O–H groups in total. The summed E-state index contributed by atoms with van der Waals surface area (Å²) in [5.41, 5.74) is 8.94. The molecule has 0 heterocycles. The summed E-state index contributed by atoms with van der Waals surface area (Å²) in [6, 6.07) is 0. The van der Waals surface area contributed by atoms with Gasteiger partial charge in [-0.3, -0.25) is 5.41 Å². The van der Waals surface area contributed by atoms with E-state index in [1.165, 1.54) is 0 Å². The van der Waals surface area contributed by atoms with Gasteiger partial charge in [0.15, 0.2) is 5.96 Å². The van der Waals surface area contributed by atoms with E-state index in [-0.39, 0.29) is 12.6 Å². The molecule has 0 unspecified atom stereocenters. The highest BCUT2D eigenvalue weighted by Crippen LogP contribution is 1.60. The Balaban J connectivity index is 0. The van der Waals surface area contributed by atoms with E-state index in [1.54, 1.807) is 0 Å². The standard InChI is InChI=1S/C3H7O.CH5N3/c1-2-3-4;2-1(3)4/h4H,1-3H2;(H5,2,3,4). The van der Waals surface area contributed by atoms with Gasteiger partial charge in [0.2, 0.25) is 0 Å². The van der Waals surface area contributed by atoms with Crippen LogP contribution in [0, 0.1) is 12.3 Å². The lowest BCUT2D eigenvalue weighted by Gasteiger charge is -1.69. The first-order valence-electron chi connectivity index (χ1n) is 2.14. The lowest BCUT2D eigenvalue weighted by Crippen LogP contribution is -2.20. The van der Waals surface area contributed by atoms with Crippen LogP contribution in [0.1, 0.15) is 6.42 Å². The van der Waals surface area contributed by atoms with Crippen molar-refractivity contribution in [3.63, 3.8) is 0 Å². The van der Waals surface area contributed by atoms with Crippen LogP contribution in [0.15, 0.2) is 0 Å². The summed E-state index contributed by atoms with van der Waals surface area (Å²) < 4.78 is 0. The molecule has 0 fully saturated rings. The molecule has 0 atom stereocenters. The SMILES string of the molecule is N=C(N)N.[CH2]CCO. The van der Waals surface area contributed by atoms with Crippen molar-refractivity contribution in [1.29, 1.82) is 5.41 Å². The molecule has 8 heavy (non-hydrogen) atoms. The fourth-order valence-corrected chi connectivity index (χ4v) is 0. The van der Waals surface area contributed by atoms with E-state index in [1.807, 2.05) is 0 Å². The number of aliphatic hydroxyl groups is 1. The summed E-state index contributed by atoms with van der Waals surface area (Å²) in [4.78, 5) is 0. The van der Waals surface area contributed by atoms with E-state index in [9.17, 15) is 0 Å². The molecule has 4 heteroatoms. The van der Waals surface area contributed by atoms with Crippen molar-refractivity contribution in [2.75, 3.05) is 6.61 Å². The quantitative estimate of drug-likeness (QED) is 0.264. The number of nitrogens with two attached hydrogens (primary N) is 2. The van der Waals surface area contributed by atoms with Crippen LogP contribution < -0.4 is 11.5 Å². The van der Waals surface area contributed by atoms with Crippen molar-refractivity contribution in [1.82, 2.24) is 0 Å². The molecular formula is C4H12N3O. The second-order valence-corrected chi connectivity index (χ2v) is 1.03. The van der Waals surface area contributed by atoms with Gasteiger partial charge in [-0.15, -0.1) is 0 Å². The molecule has 0 saturated carbocycles. The molecule has 0 aromatic carbocycles. The van der Waals surface area contributed by atoms with Gasteiger partial charge < -0.3 is 16.6 Å². The Labute approximate surface area is 49.0 Å². The number of aliphatic hydroxyl groups excluding tert-OH is 1. The molecule has 1 radical (unpaired) electrons. The first-order valence-corrected chi connectivity index (χ1v) is 2.14. The number of rotatable bonds is 1. The van der Waals surface area contributed by atoms with Gasteiger partial charge in [0.05, 0.1) is 0 Å². The molecule has 0 aliphatic carbocycles. The average Bonchev–Trinajstić information content (AvgIpc) is 1.65. The zero-order valence-electron chi connectivity index (χ0n) is 4.72. The Morgan fingerprint density at radius 1 is 1.62 bits per heavy atom. The monoisotopic (exact) mass is 118 g/mol. The fourth-order valence-electron chi connectivity index (χ4n) is 0. The Morgan fingerprint density at radius 2 is 1.75 bits per heavy atom. The van der Waals surface area contributed by atoms with Crippen LogP contribution in [-0.4, -0.2) is 17.7 Å². The largest absolute Gasteiger partial charge is 0.396 e. The Kier molecular flexibility index (Phi) is 12.2. The van der Waals surface area contributed by atoms with Crippen molar-refractivity contribution in [3.05, 3.63) is 6.92 Å². The minimum atomic E-state index is -0.333. The molecule has 0 spiro atoms. The van der Waals surface area contributed by atoms with Gasteiger partial charge in [-0.2, -0.15) is 0 Å². The third-order valence-electron chi connectivity index (χ3n) is 0.158. The minimum Gasteiger partial charge on any atom is -0.396 e. The molecule has 0 rings (SSSR count). The van der Waals surface area contributed by atoms with Crippen molar-refractivity contribution >= 4 is 5.96 Å². The van der Waals surface area contributed by atoms with Crippen LogP contribution >= 0.6 is 0 Å². The zero-order valence-corrected chi connectivity index (χ0v) is 4.72. The topological polar surface area (TPSA) is 96.1 Å². The van der Waals surface area contributed by atoms with Gasteiger partial charge >= 0.3 is 0 Å². The van der Waals surface area contributed by atoms with Crippen molar-refractivity contribution in [2.24, 2.45) is 11.5 Å². The smallest absolute Gasteiger partial charge is 0.183 e. The van der Waals surface area contributed by atoms with Crippen LogP contribution in [0.2, 0.25) is 0 Å². The normalized spacial score (nSPS) is 6.75. The molecule has 0 aromatic rings. The summed E-state index contributed by atoms with van der Waals surface area (Å²) >= 11 is 0. The maximum Gasteiger partial charge on any atom is 0.183 e. The lowest BCUT2D eigenvalue weighted by molar-refractivity contribution is 0.302. The second-order valence-electron chi connectivity index (χ2n) is 1.03.